The molecule has 1 fully saturated rings. The van der Waals surface area contributed by atoms with Crippen LogP contribution in [0.15, 0.2) is 67.0 Å². The van der Waals surface area contributed by atoms with Crippen LogP contribution in [0.4, 0.5) is 0 Å². The lowest BCUT2D eigenvalue weighted by Gasteiger charge is -2.32. The highest BCUT2D eigenvalue weighted by atomic mass is 16.1. The number of nitrogens with one attached hydrogen (secondary N) is 1. The first kappa shape index (κ1) is 21.3. The van der Waals surface area contributed by atoms with Gasteiger partial charge in [0.25, 0.3) is 0 Å². The molecular formula is C25H31N5O. The molecule has 0 bridgehead atoms. The minimum absolute atomic E-state index is 0.0666. The first-order valence-corrected chi connectivity index (χ1v) is 11.0. The van der Waals surface area contributed by atoms with Crippen LogP contribution in [0.3, 0.4) is 0 Å². The molecule has 1 aliphatic heterocycles. The summed E-state index contributed by atoms with van der Waals surface area (Å²) in [5.41, 5.74) is 4.55. The van der Waals surface area contributed by atoms with Crippen molar-refractivity contribution in [2.75, 3.05) is 33.2 Å². The Morgan fingerprint density at radius 2 is 1.74 bits per heavy atom. The summed E-state index contributed by atoms with van der Waals surface area (Å²) in [4.78, 5) is 17.2. The normalized spacial score (nSPS) is 15.1. The van der Waals surface area contributed by atoms with Gasteiger partial charge >= 0.3 is 0 Å². The van der Waals surface area contributed by atoms with E-state index < -0.39 is 0 Å². The summed E-state index contributed by atoms with van der Waals surface area (Å²) in [5, 5.41) is 7.46. The molecule has 0 radical (unpaired) electrons. The average Bonchev–Trinajstić information content (AvgIpc) is 3.28. The zero-order valence-corrected chi connectivity index (χ0v) is 18.2. The van der Waals surface area contributed by atoms with Crippen LogP contribution in [-0.2, 0) is 24.3 Å². The van der Waals surface area contributed by atoms with Gasteiger partial charge in [0.05, 0.1) is 11.9 Å². The van der Waals surface area contributed by atoms with Gasteiger partial charge < -0.3 is 10.2 Å². The SMILES string of the molecule is CN1CCN(Cc2cccc(CNC(=O)CCc3cnn(-c4ccccc4)c3)c2)CC1. The van der Waals surface area contributed by atoms with E-state index in [0.717, 1.165) is 49.5 Å². The van der Waals surface area contributed by atoms with Crippen molar-refractivity contribution in [2.45, 2.75) is 25.9 Å². The zero-order valence-electron chi connectivity index (χ0n) is 18.2. The molecule has 1 aliphatic rings. The van der Waals surface area contributed by atoms with E-state index in [-0.39, 0.29) is 5.91 Å². The number of hydrogen-bond donors (Lipinski definition) is 1. The second kappa shape index (κ2) is 10.4. The highest BCUT2D eigenvalue weighted by molar-refractivity contribution is 5.76. The number of aromatic nitrogens is 2. The lowest BCUT2D eigenvalue weighted by Crippen LogP contribution is -2.43. The quantitative estimate of drug-likeness (QED) is 0.612. The van der Waals surface area contributed by atoms with E-state index >= 15 is 0 Å². The van der Waals surface area contributed by atoms with Gasteiger partial charge in [0.2, 0.25) is 5.91 Å². The van der Waals surface area contributed by atoms with E-state index in [1.807, 2.05) is 47.4 Å². The van der Waals surface area contributed by atoms with E-state index in [0.29, 0.717) is 19.4 Å². The Morgan fingerprint density at radius 3 is 2.55 bits per heavy atom. The summed E-state index contributed by atoms with van der Waals surface area (Å²) in [7, 11) is 2.18. The maximum atomic E-state index is 12.3. The van der Waals surface area contributed by atoms with E-state index in [9.17, 15) is 4.79 Å². The maximum Gasteiger partial charge on any atom is 0.220 e. The smallest absolute Gasteiger partial charge is 0.220 e. The molecular weight excluding hydrogens is 386 g/mol. The highest BCUT2D eigenvalue weighted by Crippen LogP contribution is 2.11. The third kappa shape index (κ3) is 6.26. The number of carbonyl (C=O) groups is 1. The second-order valence-corrected chi connectivity index (χ2v) is 8.30. The number of amides is 1. The molecule has 1 aromatic heterocycles. The third-order valence-electron chi connectivity index (χ3n) is 5.78. The summed E-state index contributed by atoms with van der Waals surface area (Å²) >= 11 is 0. The van der Waals surface area contributed by atoms with Crippen LogP contribution in [0.5, 0.6) is 0 Å². The molecule has 6 heteroatoms. The highest BCUT2D eigenvalue weighted by Gasteiger charge is 2.14. The van der Waals surface area contributed by atoms with Crippen molar-refractivity contribution < 1.29 is 4.79 Å². The van der Waals surface area contributed by atoms with Crippen molar-refractivity contribution in [3.05, 3.63) is 83.7 Å². The molecule has 6 nitrogen and oxygen atoms in total. The third-order valence-corrected chi connectivity index (χ3v) is 5.78. The minimum atomic E-state index is 0.0666. The van der Waals surface area contributed by atoms with Gasteiger partial charge in [0.15, 0.2) is 0 Å². The van der Waals surface area contributed by atoms with Crippen molar-refractivity contribution in [1.82, 2.24) is 24.9 Å². The number of para-hydroxylation sites is 1. The summed E-state index contributed by atoms with van der Waals surface area (Å²) in [6, 6.07) is 18.6. The number of hydrogen-bond acceptors (Lipinski definition) is 4. The second-order valence-electron chi connectivity index (χ2n) is 8.30. The molecule has 162 valence electrons. The number of likely N-dealkylation sites (N-methyl/N-ethyl adjacent to an activating group) is 1. The van der Waals surface area contributed by atoms with Crippen LogP contribution in [0.25, 0.3) is 5.69 Å². The predicted molar refractivity (Wildman–Crippen MR) is 123 cm³/mol. The molecule has 2 aromatic carbocycles. The van der Waals surface area contributed by atoms with Crippen LogP contribution >= 0.6 is 0 Å². The number of rotatable bonds is 8. The number of nitrogens with zero attached hydrogens (tertiary/aromatic N) is 4. The monoisotopic (exact) mass is 417 g/mol. The maximum absolute atomic E-state index is 12.3. The lowest BCUT2D eigenvalue weighted by atomic mass is 10.1. The Balaban J connectivity index is 1.22. The van der Waals surface area contributed by atoms with Crippen LogP contribution in [0.1, 0.15) is 23.1 Å². The van der Waals surface area contributed by atoms with Gasteiger partial charge in [-0.05, 0) is 42.3 Å². The minimum Gasteiger partial charge on any atom is -0.352 e. The van der Waals surface area contributed by atoms with Gasteiger partial charge in [-0.1, -0.05) is 42.5 Å². The Morgan fingerprint density at radius 1 is 0.968 bits per heavy atom. The molecule has 4 rings (SSSR count). The molecule has 0 saturated carbocycles. The number of benzene rings is 2. The fourth-order valence-electron chi connectivity index (χ4n) is 3.86. The molecule has 0 unspecified atom stereocenters. The van der Waals surface area contributed by atoms with Crippen LogP contribution in [-0.4, -0.2) is 58.7 Å². The van der Waals surface area contributed by atoms with E-state index in [1.54, 1.807) is 0 Å². The molecule has 0 spiro atoms. The van der Waals surface area contributed by atoms with Crippen LogP contribution in [0, 0.1) is 0 Å². The Hall–Kier alpha value is -2.96. The van der Waals surface area contributed by atoms with E-state index in [2.05, 4.69) is 51.5 Å². The molecule has 2 heterocycles. The van der Waals surface area contributed by atoms with Crippen molar-refractivity contribution in [3.63, 3.8) is 0 Å². The van der Waals surface area contributed by atoms with Gasteiger partial charge in [-0.25, -0.2) is 4.68 Å². The van der Waals surface area contributed by atoms with Gasteiger partial charge in [-0.2, -0.15) is 5.10 Å². The molecule has 31 heavy (non-hydrogen) atoms. The van der Waals surface area contributed by atoms with Gasteiger partial charge in [-0.15, -0.1) is 0 Å². The number of aryl methyl sites for hydroxylation is 1. The van der Waals surface area contributed by atoms with Crippen molar-refractivity contribution >= 4 is 5.91 Å². The lowest BCUT2D eigenvalue weighted by molar-refractivity contribution is -0.121. The first-order chi connectivity index (χ1) is 15.2. The van der Waals surface area contributed by atoms with Crippen LogP contribution < -0.4 is 5.32 Å². The van der Waals surface area contributed by atoms with E-state index in [1.165, 1.54) is 5.56 Å². The van der Waals surface area contributed by atoms with Crippen LogP contribution in [0.2, 0.25) is 0 Å². The van der Waals surface area contributed by atoms with Gasteiger partial charge in [-0.3, -0.25) is 9.69 Å². The standard InChI is InChI=1S/C25H31N5O/c1-28-12-14-29(15-13-28)19-22-7-5-6-21(16-22)17-26-25(31)11-10-23-18-27-30(20-23)24-8-3-2-4-9-24/h2-9,16,18,20H,10-15,17,19H2,1H3,(H,26,31). The Bertz CT molecular complexity index is 976. The van der Waals surface area contributed by atoms with E-state index in [4.69, 9.17) is 0 Å². The zero-order chi connectivity index (χ0) is 21.5. The molecule has 3 aromatic rings. The van der Waals surface area contributed by atoms with Crippen molar-refractivity contribution in [2.24, 2.45) is 0 Å². The summed E-state index contributed by atoms with van der Waals surface area (Å²) < 4.78 is 1.85. The largest absolute Gasteiger partial charge is 0.352 e. The average molecular weight is 418 g/mol. The van der Waals surface area contributed by atoms with Crippen molar-refractivity contribution in [3.8, 4) is 5.69 Å². The fraction of sp³-hybridized carbons (Fsp3) is 0.360. The van der Waals surface area contributed by atoms with Gasteiger partial charge in [0, 0.05) is 51.9 Å². The summed E-state index contributed by atoms with van der Waals surface area (Å²) in [6.07, 6.45) is 4.97. The molecule has 0 atom stereocenters. The summed E-state index contributed by atoms with van der Waals surface area (Å²) in [5.74, 6) is 0.0666. The topological polar surface area (TPSA) is 53.4 Å². The summed E-state index contributed by atoms with van der Waals surface area (Å²) in [6.45, 7) is 6.01. The Kier molecular flexibility index (Phi) is 7.12. The molecule has 1 amide bonds. The molecule has 0 aliphatic carbocycles. The first-order valence-electron chi connectivity index (χ1n) is 11.0. The molecule has 1 saturated heterocycles. The van der Waals surface area contributed by atoms with Gasteiger partial charge in [0.1, 0.15) is 0 Å². The predicted octanol–water partition coefficient (Wildman–Crippen LogP) is 2.87. The number of piperazine rings is 1. The number of carbonyl (C=O) groups excluding carboxylic acids is 1. The fourth-order valence-corrected chi connectivity index (χ4v) is 3.86. The van der Waals surface area contributed by atoms with Crippen molar-refractivity contribution in [1.29, 1.82) is 0 Å². The Labute approximate surface area is 184 Å². The molecule has 1 N–H and O–H groups in total.